The van der Waals surface area contributed by atoms with Gasteiger partial charge in [-0.25, -0.2) is 0 Å². The zero-order valence-electron chi connectivity index (χ0n) is 13.5. The second-order valence-corrected chi connectivity index (χ2v) is 4.86. The van der Waals surface area contributed by atoms with E-state index < -0.39 is 0 Å². The zero-order chi connectivity index (χ0) is 14.7. The molecule has 0 fully saturated rings. The van der Waals surface area contributed by atoms with Crippen LogP contribution in [0.3, 0.4) is 0 Å². The molecule has 0 aromatic rings. The van der Waals surface area contributed by atoms with Gasteiger partial charge in [-0.2, -0.15) is 0 Å². The lowest BCUT2D eigenvalue weighted by molar-refractivity contribution is -0.130. The molecule has 0 aliphatic rings. The standard InChI is InChI=1S/C14H30N4O.HI/c1-6-15-14(17-11-12(4)5)16-10-9-13(19)18(7-2)8-3;/h12H,6-11H2,1-5H3,(H2,15,16,17);1H. The molecule has 0 rings (SSSR count). The van der Waals surface area contributed by atoms with Crippen LogP contribution in [0.4, 0.5) is 0 Å². The quantitative estimate of drug-likeness (QED) is 0.374. The molecule has 1 amide bonds. The van der Waals surface area contributed by atoms with Crippen LogP contribution in [0.25, 0.3) is 0 Å². The molecule has 0 unspecified atom stereocenters. The van der Waals surface area contributed by atoms with Crippen LogP contribution in [0.2, 0.25) is 0 Å². The first-order valence-corrected chi connectivity index (χ1v) is 7.34. The predicted molar refractivity (Wildman–Crippen MR) is 96.8 cm³/mol. The van der Waals surface area contributed by atoms with Gasteiger partial charge in [0.25, 0.3) is 0 Å². The molecule has 6 heteroatoms. The molecule has 0 aliphatic heterocycles. The maximum atomic E-state index is 11.8. The smallest absolute Gasteiger partial charge is 0.224 e. The third kappa shape index (κ3) is 10.3. The molecule has 2 N–H and O–H groups in total. The van der Waals surface area contributed by atoms with Gasteiger partial charge in [-0.1, -0.05) is 13.8 Å². The summed E-state index contributed by atoms with van der Waals surface area (Å²) in [5.74, 6) is 1.52. The van der Waals surface area contributed by atoms with E-state index in [0.717, 1.165) is 32.1 Å². The van der Waals surface area contributed by atoms with Crippen LogP contribution in [-0.2, 0) is 4.79 Å². The third-order valence-corrected chi connectivity index (χ3v) is 2.71. The predicted octanol–water partition coefficient (Wildman–Crippen LogP) is 2.07. The SMILES string of the molecule is CCNC(=NCC(C)C)NCCC(=O)N(CC)CC.I. The normalized spacial score (nSPS) is 11.0. The summed E-state index contributed by atoms with van der Waals surface area (Å²) in [5.41, 5.74) is 0. The van der Waals surface area contributed by atoms with Crippen LogP contribution in [0.5, 0.6) is 0 Å². The van der Waals surface area contributed by atoms with Gasteiger partial charge in [0.1, 0.15) is 0 Å². The third-order valence-electron chi connectivity index (χ3n) is 2.71. The van der Waals surface area contributed by atoms with Crippen LogP contribution in [0.15, 0.2) is 4.99 Å². The average molecular weight is 398 g/mol. The number of hydrogen-bond donors (Lipinski definition) is 2. The summed E-state index contributed by atoms with van der Waals surface area (Å²) in [6.07, 6.45) is 0.508. The Bertz CT molecular complexity index is 278. The van der Waals surface area contributed by atoms with E-state index in [2.05, 4.69) is 29.5 Å². The molecule has 120 valence electrons. The molecule has 0 aromatic heterocycles. The van der Waals surface area contributed by atoms with E-state index in [9.17, 15) is 4.79 Å². The molecule has 20 heavy (non-hydrogen) atoms. The van der Waals surface area contributed by atoms with Crippen molar-refractivity contribution in [3.05, 3.63) is 0 Å². The summed E-state index contributed by atoms with van der Waals surface area (Å²) in [6.45, 7) is 14.1. The largest absolute Gasteiger partial charge is 0.357 e. The van der Waals surface area contributed by atoms with Crippen molar-refractivity contribution in [2.45, 2.75) is 41.0 Å². The molecule has 0 bridgehead atoms. The van der Waals surface area contributed by atoms with Gasteiger partial charge in [-0.3, -0.25) is 9.79 Å². The van der Waals surface area contributed by atoms with Crippen molar-refractivity contribution in [2.75, 3.05) is 32.7 Å². The van der Waals surface area contributed by atoms with E-state index >= 15 is 0 Å². The van der Waals surface area contributed by atoms with Gasteiger partial charge in [0, 0.05) is 39.1 Å². The number of halogens is 1. The highest BCUT2D eigenvalue weighted by Gasteiger charge is 2.09. The fraction of sp³-hybridized carbons (Fsp3) is 0.857. The fourth-order valence-corrected chi connectivity index (χ4v) is 1.64. The van der Waals surface area contributed by atoms with Gasteiger partial charge in [0.2, 0.25) is 5.91 Å². The average Bonchev–Trinajstić information content (AvgIpc) is 2.37. The van der Waals surface area contributed by atoms with Crippen molar-refractivity contribution in [1.82, 2.24) is 15.5 Å². The van der Waals surface area contributed by atoms with Gasteiger partial charge in [-0.05, 0) is 26.7 Å². The zero-order valence-corrected chi connectivity index (χ0v) is 15.9. The molecular formula is C14H31IN4O. The molecule has 0 saturated carbocycles. The lowest BCUT2D eigenvalue weighted by atomic mass is 10.2. The molecule has 0 spiro atoms. The van der Waals surface area contributed by atoms with E-state index in [1.807, 2.05) is 25.7 Å². The number of nitrogens with zero attached hydrogens (tertiary/aromatic N) is 2. The Kier molecular flexibility index (Phi) is 14.6. The summed E-state index contributed by atoms with van der Waals surface area (Å²) in [5, 5.41) is 6.38. The number of amides is 1. The molecule has 0 aromatic carbocycles. The van der Waals surface area contributed by atoms with Crippen LogP contribution >= 0.6 is 24.0 Å². The van der Waals surface area contributed by atoms with Crippen molar-refractivity contribution >= 4 is 35.8 Å². The second-order valence-electron chi connectivity index (χ2n) is 4.86. The maximum Gasteiger partial charge on any atom is 0.224 e. The van der Waals surface area contributed by atoms with Crippen LogP contribution in [0, 0.1) is 5.92 Å². The van der Waals surface area contributed by atoms with Gasteiger partial charge < -0.3 is 15.5 Å². The number of hydrogen-bond acceptors (Lipinski definition) is 2. The fourth-order valence-electron chi connectivity index (χ4n) is 1.64. The van der Waals surface area contributed by atoms with Crippen molar-refractivity contribution in [3.8, 4) is 0 Å². The topological polar surface area (TPSA) is 56.7 Å². The molecule has 0 heterocycles. The number of rotatable bonds is 8. The molecule has 0 aliphatic carbocycles. The Balaban J connectivity index is 0. The first-order valence-electron chi connectivity index (χ1n) is 7.34. The van der Waals surface area contributed by atoms with Gasteiger partial charge >= 0.3 is 0 Å². The van der Waals surface area contributed by atoms with E-state index in [1.54, 1.807) is 0 Å². The first-order chi connectivity index (χ1) is 9.04. The van der Waals surface area contributed by atoms with Crippen LogP contribution < -0.4 is 10.6 Å². The molecular weight excluding hydrogens is 367 g/mol. The number of carbonyl (C=O) groups is 1. The van der Waals surface area contributed by atoms with E-state index in [1.165, 1.54) is 0 Å². The van der Waals surface area contributed by atoms with Gasteiger partial charge in [-0.15, -0.1) is 24.0 Å². The molecule has 0 atom stereocenters. The Hall–Kier alpha value is -0.530. The Morgan fingerprint density at radius 2 is 1.75 bits per heavy atom. The number of guanidine groups is 1. The summed E-state index contributed by atoms with van der Waals surface area (Å²) in [6, 6.07) is 0. The van der Waals surface area contributed by atoms with E-state index in [-0.39, 0.29) is 29.9 Å². The molecule has 0 radical (unpaired) electrons. The number of nitrogens with one attached hydrogen (secondary N) is 2. The molecule has 0 saturated heterocycles. The highest BCUT2D eigenvalue weighted by Crippen LogP contribution is 1.94. The van der Waals surface area contributed by atoms with Crippen molar-refractivity contribution in [2.24, 2.45) is 10.9 Å². The molecule has 5 nitrogen and oxygen atoms in total. The van der Waals surface area contributed by atoms with Crippen molar-refractivity contribution in [3.63, 3.8) is 0 Å². The summed E-state index contributed by atoms with van der Waals surface area (Å²) < 4.78 is 0. The van der Waals surface area contributed by atoms with Crippen LogP contribution in [-0.4, -0.2) is 49.5 Å². The van der Waals surface area contributed by atoms with Gasteiger partial charge in [0.15, 0.2) is 5.96 Å². The minimum absolute atomic E-state index is 0. The summed E-state index contributed by atoms with van der Waals surface area (Å²) >= 11 is 0. The second kappa shape index (κ2) is 13.5. The highest BCUT2D eigenvalue weighted by molar-refractivity contribution is 14.0. The van der Waals surface area contributed by atoms with E-state index in [0.29, 0.717) is 18.9 Å². The van der Waals surface area contributed by atoms with E-state index in [4.69, 9.17) is 0 Å². The monoisotopic (exact) mass is 398 g/mol. The Morgan fingerprint density at radius 1 is 1.15 bits per heavy atom. The lowest BCUT2D eigenvalue weighted by Crippen LogP contribution is -2.40. The summed E-state index contributed by atoms with van der Waals surface area (Å²) in [4.78, 5) is 18.1. The Morgan fingerprint density at radius 3 is 2.20 bits per heavy atom. The van der Waals surface area contributed by atoms with Crippen molar-refractivity contribution in [1.29, 1.82) is 0 Å². The minimum Gasteiger partial charge on any atom is -0.357 e. The maximum absolute atomic E-state index is 11.8. The van der Waals surface area contributed by atoms with Crippen molar-refractivity contribution < 1.29 is 4.79 Å². The minimum atomic E-state index is 0. The Labute approximate surface area is 141 Å². The number of carbonyl (C=O) groups excluding carboxylic acids is 1. The lowest BCUT2D eigenvalue weighted by Gasteiger charge is -2.19. The highest BCUT2D eigenvalue weighted by atomic mass is 127. The summed E-state index contributed by atoms with van der Waals surface area (Å²) in [7, 11) is 0. The van der Waals surface area contributed by atoms with Crippen LogP contribution in [0.1, 0.15) is 41.0 Å². The number of aliphatic imine (C=N–C) groups is 1. The first kappa shape index (κ1) is 21.8. The van der Waals surface area contributed by atoms with Gasteiger partial charge in [0.05, 0.1) is 0 Å².